The van der Waals surface area contributed by atoms with Crippen LogP contribution in [0.3, 0.4) is 0 Å². The highest BCUT2D eigenvalue weighted by Crippen LogP contribution is 2.06. The van der Waals surface area contributed by atoms with Gasteiger partial charge in [-0.05, 0) is 27.2 Å². The van der Waals surface area contributed by atoms with Gasteiger partial charge < -0.3 is 15.4 Å². The molecule has 0 unspecified atom stereocenters. The van der Waals surface area contributed by atoms with Crippen molar-refractivity contribution in [3.05, 3.63) is 22.6 Å². The summed E-state index contributed by atoms with van der Waals surface area (Å²) in [4.78, 5) is 23.3. The van der Waals surface area contributed by atoms with Gasteiger partial charge in [-0.25, -0.2) is 9.48 Å². The van der Waals surface area contributed by atoms with E-state index < -0.39 is 11.7 Å². The van der Waals surface area contributed by atoms with Crippen LogP contribution in [0, 0.1) is 0 Å². The third-order valence-corrected chi connectivity index (χ3v) is 2.72. The van der Waals surface area contributed by atoms with Gasteiger partial charge in [-0.15, -0.1) is 0 Å². The third-order valence-electron chi connectivity index (χ3n) is 2.72. The molecule has 0 aliphatic heterocycles. The van der Waals surface area contributed by atoms with Crippen molar-refractivity contribution in [1.82, 2.24) is 15.1 Å². The molecule has 1 rings (SSSR count). The highest BCUT2D eigenvalue weighted by atomic mass is 16.6. The number of amides is 1. The lowest BCUT2D eigenvalue weighted by Crippen LogP contribution is -2.35. The second-order valence-corrected chi connectivity index (χ2v) is 6.01. The van der Waals surface area contributed by atoms with Crippen LogP contribution in [0.2, 0.25) is 0 Å². The quantitative estimate of drug-likeness (QED) is 0.752. The van der Waals surface area contributed by atoms with Gasteiger partial charge in [0.15, 0.2) is 0 Å². The Hall–Kier alpha value is -2.05. The van der Waals surface area contributed by atoms with Crippen molar-refractivity contribution in [3.63, 3.8) is 0 Å². The number of unbranched alkanes of at least 4 members (excludes halogenated alkanes) is 1. The molecule has 0 saturated heterocycles. The molecule has 1 aromatic heterocycles. The second kappa shape index (κ2) is 8.41. The lowest BCUT2D eigenvalue weighted by atomic mass is 10.2. The SMILES string of the molecule is CCCCn1ncc(NCCNC(=O)OC(C)(C)C)cc1=O. The largest absolute Gasteiger partial charge is 0.444 e. The van der Waals surface area contributed by atoms with E-state index in [9.17, 15) is 9.59 Å². The molecule has 0 atom stereocenters. The van der Waals surface area contributed by atoms with Crippen LogP contribution < -0.4 is 16.2 Å². The Labute approximate surface area is 131 Å². The predicted molar refractivity (Wildman–Crippen MR) is 86.1 cm³/mol. The van der Waals surface area contributed by atoms with E-state index in [4.69, 9.17) is 4.74 Å². The zero-order chi connectivity index (χ0) is 16.6. The number of alkyl carbamates (subject to hydrolysis) is 1. The number of hydrogen-bond acceptors (Lipinski definition) is 5. The lowest BCUT2D eigenvalue weighted by molar-refractivity contribution is 0.0530. The summed E-state index contributed by atoms with van der Waals surface area (Å²) in [5, 5.41) is 9.78. The number of hydrogen-bond donors (Lipinski definition) is 2. The molecule has 124 valence electrons. The molecule has 2 N–H and O–H groups in total. The van der Waals surface area contributed by atoms with Crippen LogP contribution in [0.25, 0.3) is 0 Å². The number of aryl methyl sites for hydroxylation is 1. The summed E-state index contributed by atoms with van der Waals surface area (Å²) in [6.07, 6.45) is 3.11. The predicted octanol–water partition coefficient (Wildman–Crippen LogP) is 1.98. The smallest absolute Gasteiger partial charge is 0.407 e. The molecule has 22 heavy (non-hydrogen) atoms. The van der Waals surface area contributed by atoms with E-state index in [0.29, 0.717) is 25.3 Å². The summed E-state index contributed by atoms with van der Waals surface area (Å²) >= 11 is 0. The molecule has 0 spiro atoms. The molecule has 7 heteroatoms. The van der Waals surface area contributed by atoms with Crippen LogP contribution in [0.1, 0.15) is 40.5 Å². The fourth-order valence-corrected chi connectivity index (χ4v) is 1.69. The van der Waals surface area contributed by atoms with E-state index in [1.165, 1.54) is 10.7 Å². The summed E-state index contributed by atoms with van der Waals surface area (Å²) in [6, 6.07) is 1.51. The van der Waals surface area contributed by atoms with Crippen molar-refractivity contribution in [2.24, 2.45) is 0 Å². The molecule has 1 amide bonds. The van der Waals surface area contributed by atoms with Crippen LogP contribution >= 0.6 is 0 Å². The number of carbonyl (C=O) groups is 1. The highest BCUT2D eigenvalue weighted by Gasteiger charge is 2.15. The van der Waals surface area contributed by atoms with Gasteiger partial charge in [0, 0.05) is 25.7 Å². The summed E-state index contributed by atoms with van der Waals surface area (Å²) in [6.45, 7) is 9.01. The van der Waals surface area contributed by atoms with Crippen molar-refractivity contribution < 1.29 is 9.53 Å². The summed E-state index contributed by atoms with van der Waals surface area (Å²) in [5.41, 5.74) is 0.00652. The fourth-order valence-electron chi connectivity index (χ4n) is 1.69. The minimum absolute atomic E-state index is 0.126. The van der Waals surface area contributed by atoms with Gasteiger partial charge in [0.1, 0.15) is 5.60 Å². The van der Waals surface area contributed by atoms with E-state index in [2.05, 4.69) is 22.7 Å². The van der Waals surface area contributed by atoms with E-state index in [1.807, 2.05) is 20.8 Å². The first-order valence-corrected chi connectivity index (χ1v) is 7.59. The first-order valence-electron chi connectivity index (χ1n) is 7.59. The Morgan fingerprint density at radius 3 is 2.68 bits per heavy atom. The first kappa shape index (κ1) is 18.0. The van der Waals surface area contributed by atoms with Crippen molar-refractivity contribution in [1.29, 1.82) is 0 Å². The molecule has 0 aromatic carbocycles. The molecule has 0 saturated carbocycles. The topological polar surface area (TPSA) is 85.2 Å². The minimum atomic E-state index is -0.509. The Morgan fingerprint density at radius 2 is 2.09 bits per heavy atom. The van der Waals surface area contributed by atoms with Crippen LogP contribution in [-0.4, -0.2) is 34.6 Å². The van der Waals surface area contributed by atoms with E-state index in [1.54, 1.807) is 6.20 Å². The van der Waals surface area contributed by atoms with Crippen molar-refractivity contribution in [2.45, 2.75) is 52.7 Å². The number of rotatable bonds is 7. The fraction of sp³-hybridized carbons (Fsp3) is 0.667. The number of nitrogens with one attached hydrogen (secondary N) is 2. The Bertz CT molecular complexity index is 534. The number of anilines is 1. The normalized spacial score (nSPS) is 11.1. The summed E-state index contributed by atoms with van der Waals surface area (Å²) in [7, 11) is 0. The van der Waals surface area contributed by atoms with Crippen molar-refractivity contribution in [2.75, 3.05) is 18.4 Å². The molecule has 0 radical (unpaired) electrons. The van der Waals surface area contributed by atoms with Crippen LogP contribution in [0.4, 0.5) is 10.5 Å². The van der Waals surface area contributed by atoms with Gasteiger partial charge in [0.25, 0.3) is 5.56 Å². The molecule has 0 aliphatic carbocycles. The maximum atomic E-state index is 11.8. The molecule has 0 fully saturated rings. The second-order valence-electron chi connectivity index (χ2n) is 6.01. The highest BCUT2D eigenvalue weighted by molar-refractivity contribution is 5.67. The lowest BCUT2D eigenvalue weighted by Gasteiger charge is -2.19. The summed E-state index contributed by atoms with van der Waals surface area (Å²) in [5.74, 6) is 0. The Morgan fingerprint density at radius 1 is 1.36 bits per heavy atom. The zero-order valence-electron chi connectivity index (χ0n) is 13.8. The van der Waals surface area contributed by atoms with Gasteiger partial charge in [0.2, 0.25) is 0 Å². The molecule has 7 nitrogen and oxygen atoms in total. The van der Waals surface area contributed by atoms with E-state index >= 15 is 0 Å². The summed E-state index contributed by atoms with van der Waals surface area (Å²) < 4.78 is 6.57. The third kappa shape index (κ3) is 7.10. The molecule has 1 aromatic rings. The van der Waals surface area contributed by atoms with Crippen LogP contribution in [0.5, 0.6) is 0 Å². The standard InChI is InChI=1S/C15H26N4O3/c1-5-6-9-19-13(20)10-12(11-18-19)16-7-8-17-14(21)22-15(2,3)4/h10-11,16H,5-9H2,1-4H3,(H,17,21). The minimum Gasteiger partial charge on any atom is -0.444 e. The van der Waals surface area contributed by atoms with Gasteiger partial charge >= 0.3 is 6.09 Å². The Balaban J connectivity index is 2.35. The molecular formula is C15H26N4O3. The number of nitrogens with zero attached hydrogens (tertiary/aromatic N) is 2. The maximum Gasteiger partial charge on any atom is 0.407 e. The van der Waals surface area contributed by atoms with Gasteiger partial charge in [0.05, 0.1) is 11.9 Å². The van der Waals surface area contributed by atoms with E-state index in [0.717, 1.165) is 12.8 Å². The Kier molecular flexibility index (Phi) is 6.88. The van der Waals surface area contributed by atoms with Crippen LogP contribution in [0.15, 0.2) is 17.1 Å². The van der Waals surface area contributed by atoms with Gasteiger partial charge in [-0.1, -0.05) is 13.3 Å². The molecule has 0 bridgehead atoms. The van der Waals surface area contributed by atoms with Gasteiger partial charge in [-0.3, -0.25) is 4.79 Å². The maximum absolute atomic E-state index is 11.8. The van der Waals surface area contributed by atoms with Crippen LogP contribution in [-0.2, 0) is 11.3 Å². The molecule has 0 aliphatic rings. The number of carbonyl (C=O) groups excluding carboxylic acids is 1. The number of aromatic nitrogens is 2. The molecular weight excluding hydrogens is 284 g/mol. The van der Waals surface area contributed by atoms with Gasteiger partial charge in [-0.2, -0.15) is 5.10 Å². The molecule has 1 heterocycles. The monoisotopic (exact) mass is 310 g/mol. The van der Waals surface area contributed by atoms with Crippen molar-refractivity contribution in [3.8, 4) is 0 Å². The number of ether oxygens (including phenoxy) is 1. The first-order chi connectivity index (χ1) is 10.3. The zero-order valence-corrected chi connectivity index (χ0v) is 13.8. The van der Waals surface area contributed by atoms with Crippen molar-refractivity contribution >= 4 is 11.8 Å². The average Bonchev–Trinajstić information content (AvgIpc) is 2.41. The average molecular weight is 310 g/mol. The van der Waals surface area contributed by atoms with E-state index in [-0.39, 0.29) is 5.56 Å².